The Labute approximate surface area is 269 Å². The maximum Gasteiger partial charge on any atom is 0.417 e. The normalized spacial score (nSPS) is 18.1. The summed E-state index contributed by atoms with van der Waals surface area (Å²) in [7, 11) is 1.24. The zero-order chi connectivity index (χ0) is 32.7. The number of carbonyl (C=O) groups excluding carboxylic acids is 4. The average Bonchev–Trinajstić information content (AvgIpc) is 3.23. The topological polar surface area (TPSA) is 123 Å². The van der Waals surface area contributed by atoms with Gasteiger partial charge in [-0.15, -0.1) is 0 Å². The molecule has 0 aliphatic carbocycles. The number of ether oxygens (including phenoxy) is 2. The average molecular weight is 646 g/mol. The van der Waals surface area contributed by atoms with Crippen LogP contribution in [0.15, 0.2) is 54.6 Å². The molecule has 240 valence electrons. The van der Waals surface area contributed by atoms with Crippen molar-refractivity contribution in [3.63, 3.8) is 0 Å². The predicted octanol–water partition coefficient (Wildman–Crippen LogP) is 6.11. The quantitative estimate of drug-likeness (QED) is 0.177. The SMILES string of the molecule is COC(=O)C(CC1CC(C)(C)NC1=O)NC(=O)[C@H](CC(C)C)SNC(=O)OC(c1ccccc1)C(C)(C)c1cccc(Cl)c1. The van der Waals surface area contributed by atoms with Crippen molar-refractivity contribution >= 4 is 47.4 Å². The molecule has 11 heteroatoms. The third kappa shape index (κ3) is 9.63. The lowest BCUT2D eigenvalue weighted by atomic mass is 9.76. The van der Waals surface area contributed by atoms with Crippen molar-refractivity contribution in [2.75, 3.05) is 7.11 Å². The maximum atomic E-state index is 13.5. The summed E-state index contributed by atoms with van der Waals surface area (Å²) in [6.07, 6.45) is -0.335. The third-order valence-electron chi connectivity index (χ3n) is 7.73. The van der Waals surface area contributed by atoms with E-state index in [0.29, 0.717) is 17.9 Å². The molecule has 2 aromatic rings. The van der Waals surface area contributed by atoms with Crippen molar-refractivity contribution in [2.45, 2.75) is 89.2 Å². The number of carbonyl (C=O) groups is 4. The second-order valence-corrected chi connectivity index (χ2v) is 14.3. The molecule has 1 heterocycles. The monoisotopic (exact) mass is 645 g/mol. The lowest BCUT2D eigenvalue weighted by Gasteiger charge is -2.35. The van der Waals surface area contributed by atoms with Crippen LogP contribution in [0.4, 0.5) is 4.79 Å². The Bertz CT molecular complexity index is 1320. The number of hydrogen-bond donors (Lipinski definition) is 3. The van der Waals surface area contributed by atoms with Crippen LogP contribution in [0.5, 0.6) is 0 Å². The molecule has 1 aliphatic rings. The molecule has 3 rings (SSSR count). The molecule has 3 N–H and O–H groups in total. The van der Waals surface area contributed by atoms with Crippen LogP contribution in [0.1, 0.15) is 78.0 Å². The minimum atomic E-state index is -1.01. The summed E-state index contributed by atoms with van der Waals surface area (Å²) in [6, 6.07) is 15.9. The lowest BCUT2D eigenvalue weighted by molar-refractivity contribution is -0.145. The van der Waals surface area contributed by atoms with Crippen LogP contribution in [0.2, 0.25) is 5.02 Å². The van der Waals surface area contributed by atoms with Gasteiger partial charge >= 0.3 is 12.1 Å². The molecule has 0 spiro atoms. The first-order valence-electron chi connectivity index (χ1n) is 14.8. The van der Waals surface area contributed by atoms with Crippen LogP contribution in [0.3, 0.4) is 0 Å². The van der Waals surface area contributed by atoms with Crippen LogP contribution in [0.25, 0.3) is 0 Å². The van der Waals surface area contributed by atoms with E-state index in [1.54, 1.807) is 6.07 Å². The summed E-state index contributed by atoms with van der Waals surface area (Å²) in [5, 5.41) is 5.53. The van der Waals surface area contributed by atoms with E-state index in [2.05, 4.69) is 15.4 Å². The van der Waals surface area contributed by atoms with Gasteiger partial charge in [-0.05, 0) is 74.2 Å². The van der Waals surface area contributed by atoms with Gasteiger partial charge in [0.25, 0.3) is 0 Å². The van der Waals surface area contributed by atoms with E-state index in [-0.39, 0.29) is 18.2 Å². The molecule has 2 aromatic carbocycles. The number of halogens is 1. The molecule has 44 heavy (non-hydrogen) atoms. The Morgan fingerprint density at radius 1 is 1.11 bits per heavy atom. The second kappa shape index (κ2) is 15.2. The van der Waals surface area contributed by atoms with Crippen molar-refractivity contribution in [1.29, 1.82) is 0 Å². The summed E-state index contributed by atoms with van der Waals surface area (Å²) < 4.78 is 13.7. The highest BCUT2D eigenvalue weighted by Crippen LogP contribution is 2.40. The molecule has 3 unspecified atom stereocenters. The van der Waals surface area contributed by atoms with Gasteiger partial charge in [-0.2, -0.15) is 0 Å². The molecular formula is C33H44ClN3O6S. The summed E-state index contributed by atoms with van der Waals surface area (Å²) in [5.41, 5.74) is 0.641. The van der Waals surface area contributed by atoms with Gasteiger partial charge < -0.3 is 20.1 Å². The fourth-order valence-corrected chi connectivity index (χ4v) is 6.61. The van der Waals surface area contributed by atoms with Crippen LogP contribution < -0.4 is 15.4 Å². The van der Waals surface area contributed by atoms with Crippen LogP contribution in [-0.2, 0) is 29.3 Å². The molecule has 0 radical (unpaired) electrons. The van der Waals surface area contributed by atoms with Crippen molar-refractivity contribution in [3.05, 3.63) is 70.7 Å². The number of esters is 1. The van der Waals surface area contributed by atoms with Crippen molar-refractivity contribution < 1.29 is 28.7 Å². The Kier molecular flexibility index (Phi) is 12.1. The number of methoxy groups -OCH3 is 1. The largest absolute Gasteiger partial charge is 0.467 e. The Morgan fingerprint density at radius 2 is 1.80 bits per heavy atom. The highest BCUT2D eigenvalue weighted by molar-refractivity contribution is 7.99. The number of nitrogens with one attached hydrogen (secondary N) is 3. The molecule has 0 saturated carbocycles. The molecule has 9 nitrogen and oxygen atoms in total. The molecule has 4 atom stereocenters. The van der Waals surface area contributed by atoms with E-state index in [4.69, 9.17) is 21.1 Å². The smallest absolute Gasteiger partial charge is 0.417 e. The number of hydrogen-bond acceptors (Lipinski definition) is 7. The fraction of sp³-hybridized carbons (Fsp3) is 0.515. The van der Waals surface area contributed by atoms with Crippen molar-refractivity contribution in [1.82, 2.24) is 15.4 Å². The molecule has 0 aromatic heterocycles. The fourth-order valence-electron chi connectivity index (χ4n) is 5.48. The highest BCUT2D eigenvalue weighted by Gasteiger charge is 2.41. The molecule has 0 bridgehead atoms. The number of amides is 3. The van der Waals surface area contributed by atoms with Crippen LogP contribution in [-0.4, -0.2) is 47.8 Å². The van der Waals surface area contributed by atoms with Gasteiger partial charge in [-0.25, -0.2) is 9.59 Å². The van der Waals surface area contributed by atoms with E-state index < -0.39 is 52.2 Å². The van der Waals surface area contributed by atoms with Gasteiger partial charge in [-0.1, -0.05) is 81.8 Å². The lowest BCUT2D eigenvalue weighted by Crippen LogP contribution is -2.47. The van der Waals surface area contributed by atoms with Gasteiger partial charge in [0.2, 0.25) is 11.8 Å². The van der Waals surface area contributed by atoms with E-state index in [1.165, 1.54) is 7.11 Å². The molecule has 3 amide bonds. The standard InChI is InChI=1S/C33H44ClN3O6S/c1-20(2)16-26(29(39)35-25(30(40)42-7)17-22-19-32(3,4)36-28(22)38)44-37-31(41)43-27(21-12-9-8-10-13-21)33(5,6)23-14-11-15-24(34)18-23/h8-15,18,20,22,25-27H,16-17,19H2,1-7H3,(H,35,39)(H,36,38)(H,37,41)/t22?,25?,26-,27?/m0/s1. The van der Waals surface area contributed by atoms with Crippen LogP contribution in [0, 0.1) is 11.8 Å². The van der Waals surface area contributed by atoms with Gasteiger partial charge in [-0.3, -0.25) is 14.3 Å². The Hall–Kier alpha value is -3.24. The first kappa shape index (κ1) is 35.2. The van der Waals surface area contributed by atoms with Gasteiger partial charge in [0, 0.05) is 21.9 Å². The maximum absolute atomic E-state index is 13.5. The highest BCUT2D eigenvalue weighted by atomic mass is 35.5. The first-order valence-corrected chi connectivity index (χ1v) is 16.0. The third-order valence-corrected chi connectivity index (χ3v) is 8.94. The van der Waals surface area contributed by atoms with E-state index in [0.717, 1.165) is 23.1 Å². The van der Waals surface area contributed by atoms with Crippen LogP contribution >= 0.6 is 23.5 Å². The number of rotatable bonds is 13. The first-order chi connectivity index (χ1) is 20.6. The summed E-state index contributed by atoms with van der Waals surface area (Å²) in [6.45, 7) is 11.7. The summed E-state index contributed by atoms with van der Waals surface area (Å²) in [4.78, 5) is 51.9. The molecular weight excluding hydrogens is 602 g/mol. The zero-order valence-electron chi connectivity index (χ0n) is 26.4. The predicted molar refractivity (Wildman–Crippen MR) is 173 cm³/mol. The van der Waals surface area contributed by atoms with E-state index >= 15 is 0 Å². The minimum Gasteiger partial charge on any atom is -0.467 e. The van der Waals surface area contributed by atoms with E-state index in [1.807, 2.05) is 90.1 Å². The number of benzene rings is 2. The van der Waals surface area contributed by atoms with Gasteiger partial charge in [0.15, 0.2) is 0 Å². The second-order valence-electron chi connectivity index (χ2n) is 12.9. The molecule has 1 aliphatic heterocycles. The minimum absolute atomic E-state index is 0.105. The van der Waals surface area contributed by atoms with E-state index in [9.17, 15) is 19.2 Å². The van der Waals surface area contributed by atoms with Crippen molar-refractivity contribution in [3.8, 4) is 0 Å². The zero-order valence-corrected chi connectivity index (χ0v) is 28.0. The van der Waals surface area contributed by atoms with Gasteiger partial charge in [0.05, 0.1) is 7.11 Å². The Balaban J connectivity index is 1.74. The molecule has 1 saturated heterocycles. The summed E-state index contributed by atoms with van der Waals surface area (Å²) in [5.74, 6) is -1.59. The van der Waals surface area contributed by atoms with Crippen molar-refractivity contribution in [2.24, 2.45) is 11.8 Å². The molecule has 1 fully saturated rings. The van der Waals surface area contributed by atoms with Gasteiger partial charge in [0.1, 0.15) is 17.4 Å². The Morgan fingerprint density at radius 3 is 2.36 bits per heavy atom. The summed E-state index contributed by atoms with van der Waals surface area (Å²) >= 11 is 7.21.